The molecule has 0 spiro atoms. The van der Waals surface area contributed by atoms with E-state index in [1.165, 1.54) is 25.7 Å². The Morgan fingerprint density at radius 3 is 2.82 bits per heavy atom. The van der Waals surface area contributed by atoms with Crippen molar-refractivity contribution in [2.75, 3.05) is 13.6 Å². The molecule has 3 heteroatoms. The minimum absolute atomic E-state index is 0.560. The van der Waals surface area contributed by atoms with Crippen LogP contribution in [0.5, 0.6) is 0 Å². The van der Waals surface area contributed by atoms with Gasteiger partial charge in [0.2, 0.25) is 0 Å². The molecule has 1 fully saturated rings. The second kappa shape index (κ2) is 4.21. The lowest BCUT2D eigenvalue weighted by Gasteiger charge is -2.25. The summed E-state index contributed by atoms with van der Waals surface area (Å²) in [5.41, 5.74) is 5.46. The first-order valence-electron chi connectivity index (χ1n) is 4.29. The van der Waals surface area contributed by atoms with E-state index in [9.17, 15) is 0 Å². The molecule has 0 saturated heterocycles. The van der Waals surface area contributed by atoms with Crippen molar-refractivity contribution in [3.63, 3.8) is 0 Å². The molecular formula is C8H17N3. The summed E-state index contributed by atoms with van der Waals surface area (Å²) in [7, 11) is 1.70. The molecule has 11 heavy (non-hydrogen) atoms. The number of nitrogens with two attached hydrogens (primary N) is 1. The first-order valence-corrected chi connectivity index (χ1v) is 4.29. The van der Waals surface area contributed by atoms with Gasteiger partial charge >= 0.3 is 0 Å². The first-order chi connectivity index (χ1) is 5.33. The quantitative estimate of drug-likeness (QED) is 0.466. The second-order valence-electron chi connectivity index (χ2n) is 3.12. The molecule has 1 aliphatic rings. The molecule has 0 aromatic rings. The van der Waals surface area contributed by atoms with Crippen molar-refractivity contribution in [1.82, 2.24) is 5.32 Å². The van der Waals surface area contributed by atoms with Crippen molar-refractivity contribution in [3.05, 3.63) is 0 Å². The monoisotopic (exact) mass is 155 g/mol. The fourth-order valence-corrected chi connectivity index (χ4v) is 1.26. The van der Waals surface area contributed by atoms with Gasteiger partial charge in [-0.2, -0.15) is 0 Å². The fraction of sp³-hybridized carbons (Fsp3) is 0.875. The van der Waals surface area contributed by atoms with Gasteiger partial charge in [0.15, 0.2) is 5.96 Å². The highest BCUT2D eigenvalue weighted by Gasteiger charge is 2.16. The number of hydrogen-bond donors (Lipinski definition) is 2. The van der Waals surface area contributed by atoms with Gasteiger partial charge in [-0.1, -0.05) is 19.3 Å². The Kier molecular flexibility index (Phi) is 3.20. The summed E-state index contributed by atoms with van der Waals surface area (Å²) in [5, 5.41) is 3.06. The van der Waals surface area contributed by atoms with Gasteiger partial charge in [0.05, 0.1) is 0 Å². The van der Waals surface area contributed by atoms with Gasteiger partial charge in [-0.3, -0.25) is 4.99 Å². The molecule has 1 rings (SSSR count). The van der Waals surface area contributed by atoms with E-state index in [0.717, 1.165) is 12.5 Å². The summed E-state index contributed by atoms with van der Waals surface area (Å²) in [6.45, 7) is 0.980. The Labute approximate surface area is 68.1 Å². The zero-order valence-corrected chi connectivity index (χ0v) is 7.14. The van der Waals surface area contributed by atoms with Gasteiger partial charge in [0.25, 0.3) is 0 Å². The van der Waals surface area contributed by atoms with Crippen molar-refractivity contribution < 1.29 is 0 Å². The van der Waals surface area contributed by atoms with Crippen LogP contribution in [0.15, 0.2) is 4.99 Å². The van der Waals surface area contributed by atoms with E-state index in [1.54, 1.807) is 7.05 Å². The lowest BCUT2D eigenvalue weighted by molar-refractivity contribution is 0.297. The smallest absolute Gasteiger partial charge is 0.188 e. The van der Waals surface area contributed by atoms with Gasteiger partial charge in [-0.05, 0) is 12.3 Å². The molecule has 0 aliphatic heterocycles. The second-order valence-corrected chi connectivity index (χ2v) is 3.12. The summed E-state index contributed by atoms with van der Waals surface area (Å²) in [4.78, 5) is 3.81. The van der Waals surface area contributed by atoms with E-state index in [1.807, 2.05) is 0 Å². The topological polar surface area (TPSA) is 50.4 Å². The highest BCUT2D eigenvalue weighted by Crippen LogP contribution is 2.28. The van der Waals surface area contributed by atoms with Crippen LogP contribution in [-0.2, 0) is 0 Å². The number of nitrogens with one attached hydrogen (secondary N) is 1. The zero-order valence-electron chi connectivity index (χ0n) is 7.14. The Morgan fingerprint density at radius 1 is 1.64 bits per heavy atom. The van der Waals surface area contributed by atoms with Crippen LogP contribution in [0, 0.1) is 5.92 Å². The van der Waals surface area contributed by atoms with Crippen molar-refractivity contribution >= 4 is 5.96 Å². The highest BCUT2D eigenvalue weighted by molar-refractivity contribution is 5.77. The van der Waals surface area contributed by atoms with Gasteiger partial charge < -0.3 is 11.1 Å². The Morgan fingerprint density at radius 2 is 2.36 bits per heavy atom. The van der Waals surface area contributed by atoms with Crippen LogP contribution in [0.1, 0.15) is 25.7 Å². The predicted octanol–water partition coefficient (Wildman–Crippen LogP) is 0.711. The van der Waals surface area contributed by atoms with E-state index in [-0.39, 0.29) is 0 Å². The summed E-state index contributed by atoms with van der Waals surface area (Å²) < 4.78 is 0. The molecule has 0 unspecified atom stereocenters. The van der Waals surface area contributed by atoms with E-state index >= 15 is 0 Å². The largest absolute Gasteiger partial charge is 0.370 e. The standard InChI is InChI=1S/C8H17N3/c1-10-8(9)11-6-5-7-3-2-4-7/h7H,2-6H2,1H3,(H3,9,10,11). The van der Waals surface area contributed by atoms with E-state index in [0.29, 0.717) is 5.96 Å². The third kappa shape index (κ3) is 2.78. The SMILES string of the molecule is CN=C(N)NCCC1CCC1. The summed E-state index contributed by atoms with van der Waals surface area (Å²) in [5.74, 6) is 1.51. The highest BCUT2D eigenvalue weighted by atomic mass is 15.1. The van der Waals surface area contributed by atoms with Gasteiger partial charge in [0.1, 0.15) is 0 Å². The lowest BCUT2D eigenvalue weighted by Crippen LogP contribution is -2.33. The predicted molar refractivity (Wildman–Crippen MR) is 47.5 cm³/mol. The summed E-state index contributed by atoms with van der Waals surface area (Å²) in [6, 6.07) is 0. The Bertz CT molecular complexity index is 138. The van der Waals surface area contributed by atoms with Gasteiger partial charge in [0, 0.05) is 13.6 Å². The first kappa shape index (κ1) is 8.37. The van der Waals surface area contributed by atoms with Crippen molar-refractivity contribution in [2.45, 2.75) is 25.7 Å². The number of aliphatic imine (C=N–C) groups is 1. The maximum Gasteiger partial charge on any atom is 0.188 e. The van der Waals surface area contributed by atoms with Crippen LogP contribution in [0.2, 0.25) is 0 Å². The van der Waals surface area contributed by atoms with Crippen LogP contribution in [0.3, 0.4) is 0 Å². The molecule has 0 atom stereocenters. The van der Waals surface area contributed by atoms with Gasteiger partial charge in [-0.15, -0.1) is 0 Å². The van der Waals surface area contributed by atoms with E-state index < -0.39 is 0 Å². The van der Waals surface area contributed by atoms with Crippen LogP contribution in [0.25, 0.3) is 0 Å². The molecule has 0 bridgehead atoms. The molecule has 0 heterocycles. The normalized spacial score (nSPS) is 19.5. The average Bonchev–Trinajstić information content (AvgIpc) is 1.94. The maximum atomic E-state index is 5.46. The zero-order chi connectivity index (χ0) is 8.10. The number of rotatable bonds is 3. The Balaban J connectivity index is 1.95. The van der Waals surface area contributed by atoms with Crippen molar-refractivity contribution in [1.29, 1.82) is 0 Å². The molecule has 0 aromatic heterocycles. The Hall–Kier alpha value is -0.730. The third-order valence-electron chi connectivity index (χ3n) is 2.32. The number of nitrogens with zero attached hydrogens (tertiary/aromatic N) is 1. The van der Waals surface area contributed by atoms with E-state index in [2.05, 4.69) is 10.3 Å². The molecule has 1 aliphatic carbocycles. The molecule has 0 aromatic carbocycles. The molecule has 0 amide bonds. The summed E-state index contributed by atoms with van der Waals surface area (Å²) in [6.07, 6.45) is 5.48. The minimum Gasteiger partial charge on any atom is -0.370 e. The van der Waals surface area contributed by atoms with Crippen LogP contribution < -0.4 is 11.1 Å². The number of hydrogen-bond acceptors (Lipinski definition) is 1. The molecule has 1 saturated carbocycles. The molecular weight excluding hydrogens is 138 g/mol. The number of guanidine groups is 1. The van der Waals surface area contributed by atoms with E-state index in [4.69, 9.17) is 5.73 Å². The molecule has 3 N–H and O–H groups in total. The lowest BCUT2D eigenvalue weighted by atomic mass is 9.83. The minimum atomic E-state index is 0.560. The van der Waals surface area contributed by atoms with Crippen molar-refractivity contribution in [3.8, 4) is 0 Å². The van der Waals surface area contributed by atoms with Gasteiger partial charge in [-0.25, -0.2) is 0 Å². The third-order valence-corrected chi connectivity index (χ3v) is 2.32. The van der Waals surface area contributed by atoms with Crippen LogP contribution in [-0.4, -0.2) is 19.6 Å². The van der Waals surface area contributed by atoms with Crippen LogP contribution >= 0.6 is 0 Å². The van der Waals surface area contributed by atoms with Crippen LogP contribution in [0.4, 0.5) is 0 Å². The maximum absolute atomic E-state index is 5.46. The molecule has 3 nitrogen and oxygen atoms in total. The average molecular weight is 155 g/mol. The summed E-state index contributed by atoms with van der Waals surface area (Å²) >= 11 is 0. The molecule has 64 valence electrons. The van der Waals surface area contributed by atoms with Crippen molar-refractivity contribution in [2.24, 2.45) is 16.6 Å². The fourth-order valence-electron chi connectivity index (χ4n) is 1.26. The molecule has 0 radical (unpaired) electrons.